The van der Waals surface area contributed by atoms with Gasteiger partial charge >= 0.3 is 0 Å². The number of nitrogens with zero attached hydrogens (tertiary/aromatic N) is 3. The molecule has 0 aliphatic carbocycles. The highest BCUT2D eigenvalue weighted by molar-refractivity contribution is 5.80. The van der Waals surface area contributed by atoms with Gasteiger partial charge in [0.25, 0.3) is 0 Å². The topological polar surface area (TPSA) is 30.9 Å². The van der Waals surface area contributed by atoms with Crippen LogP contribution in [-0.2, 0) is 13.0 Å². The summed E-state index contributed by atoms with van der Waals surface area (Å²) >= 11 is 0. The molecule has 24 heavy (non-hydrogen) atoms. The number of benzene rings is 1. The monoisotopic (exact) mass is 328 g/mol. The van der Waals surface area contributed by atoms with Crippen molar-refractivity contribution in [1.29, 1.82) is 0 Å². The molecule has 0 aromatic heterocycles. The fraction of sp³-hybridized carbons (Fsp3) is 0.650. The Morgan fingerprint density at radius 1 is 1.17 bits per heavy atom. The zero-order valence-electron chi connectivity index (χ0n) is 15.3. The standard InChI is InChI=1S/C20H32N4/c1-3-21-20(22-12-8-17-9-13-23(2)14-10-17)24-15-11-18-6-4-5-7-19(18)16-24/h4-7,17H,3,8-16H2,1-2H3,(H,21,22). The molecule has 0 atom stereocenters. The van der Waals surface area contributed by atoms with E-state index in [1.807, 2.05) is 0 Å². The van der Waals surface area contributed by atoms with Crippen molar-refractivity contribution in [3.05, 3.63) is 35.4 Å². The Hall–Kier alpha value is -1.55. The predicted molar refractivity (Wildman–Crippen MR) is 101 cm³/mol. The summed E-state index contributed by atoms with van der Waals surface area (Å²) in [4.78, 5) is 9.80. The average Bonchev–Trinajstić information content (AvgIpc) is 2.62. The van der Waals surface area contributed by atoms with Crippen molar-refractivity contribution >= 4 is 5.96 Å². The van der Waals surface area contributed by atoms with E-state index < -0.39 is 0 Å². The van der Waals surface area contributed by atoms with Crippen molar-refractivity contribution in [2.45, 2.75) is 39.2 Å². The van der Waals surface area contributed by atoms with Crippen LogP contribution in [0.2, 0.25) is 0 Å². The lowest BCUT2D eigenvalue weighted by molar-refractivity contribution is 0.214. The van der Waals surface area contributed by atoms with E-state index in [-0.39, 0.29) is 0 Å². The van der Waals surface area contributed by atoms with Crippen LogP contribution < -0.4 is 5.32 Å². The van der Waals surface area contributed by atoms with Gasteiger partial charge in [0.1, 0.15) is 0 Å². The molecule has 3 rings (SSSR count). The lowest BCUT2D eigenvalue weighted by atomic mass is 9.94. The Morgan fingerprint density at radius 3 is 2.67 bits per heavy atom. The summed E-state index contributed by atoms with van der Waals surface area (Å²) in [5.74, 6) is 1.95. The average molecular weight is 329 g/mol. The first kappa shape index (κ1) is 17.3. The lowest BCUT2D eigenvalue weighted by Gasteiger charge is -2.32. The largest absolute Gasteiger partial charge is 0.357 e. The van der Waals surface area contributed by atoms with Crippen molar-refractivity contribution in [3.63, 3.8) is 0 Å². The van der Waals surface area contributed by atoms with Gasteiger partial charge in [-0.15, -0.1) is 0 Å². The molecule has 0 amide bonds. The number of aliphatic imine (C=N–C) groups is 1. The molecule has 1 aromatic carbocycles. The van der Waals surface area contributed by atoms with Gasteiger partial charge in [-0.25, -0.2) is 0 Å². The molecule has 0 bridgehead atoms. The van der Waals surface area contributed by atoms with Gasteiger partial charge in [0.2, 0.25) is 0 Å². The van der Waals surface area contributed by atoms with Crippen LogP contribution in [0.4, 0.5) is 0 Å². The van der Waals surface area contributed by atoms with E-state index in [0.717, 1.165) is 44.5 Å². The van der Waals surface area contributed by atoms with Crippen molar-refractivity contribution in [1.82, 2.24) is 15.1 Å². The fourth-order valence-corrected chi connectivity index (χ4v) is 3.81. The first-order valence-electron chi connectivity index (χ1n) is 9.55. The zero-order valence-corrected chi connectivity index (χ0v) is 15.3. The minimum Gasteiger partial charge on any atom is -0.357 e. The van der Waals surface area contributed by atoms with E-state index in [4.69, 9.17) is 4.99 Å². The van der Waals surface area contributed by atoms with E-state index >= 15 is 0 Å². The summed E-state index contributed by atoms with van der Waals surface area (Å²) in [7, 11) is 2.23. The molecular formula is C20H32N4. The molecule has 2 aliphatic rings. The minimum atomic E-state index is 0.856. The molecule has 0 radical (unpaired) electrons. The summed E-state index contributed by atoms with van der Waals surface area (Å²) in [6.45, 7) is 8.59. The van der Waals surface area contributed by atoms with Gasteiger partial charge in [0.05, 0.1) is 0 Å². The van der Waals surface area contributed by atoms with Crippen molar-refractivity contribution < 1.29 is 0 Å². The Kier molecular flexibility index (Phi) is 6.13. The Labute approximate surface area is 146 Å². The second-order valence-electron chi connectivity index (χ2n) is 7.21. The highest BCUT2D eigenvalue weighted by atomic mass is 15.3. The maximum Gasteiger partial charge on any atom is 0.194 e. The summed E-state index contributed by atoms with van der Waals surface area (Å²) in [6.07, 6.45) is 5.02. The third kappa shape index (κ3) is 4.50. The molecule has 0 unspecified atom stereocenters. The number of hydrogen-bond acceptors (Lipinski definition) is 2. The second kappa shape index (κ2) is 8.52. The third-order valence-corrected chi connectivity index (χ3v) is 5.40. The van der Waals surface area contributed by atoms with Crippen molar-refractivity contribution in [2.75, 3.05) is 39.8 Å². The number of guanidine groups is 1. The minimum absolute atomic E-state index is 0.856. The summed E-state index contributed by atoms with van der Waals surface area (Å²) < 4.78 is 0. The van der Waals surface area contributed by atoms with Gasteiger partial charge in [0.15, 0.2) is 5.96 Å². The molecule has 0 saturated carbocycles. The first-order chi connectivity index (χ1) is 11.8. The van der Waals surface area contributed by atoms with Crippen molar-refractivity contribution in [3.8, 4) is 0 Å². The van der Waals surface area contributed by atoms with E-state index in [0.29, 0.717) is 0 Å². The zero-order chi connectivity index (χ0) is 16.8. The quantitative estimate of drug-likeness (QED) is 0.681. The smallest absolute Gasteiger partial charge is 0.194 e. The maximum atomic E-state index is 4.94. The molecule has 4 heteroatoms. The molecule has 1 aromatic rings. The van der Waals surface area contributed by atoms with Crippen molar-refractivity contribution in [2.24, 2.45) is 10.9 Å². The molecule has 1 fully saturated rings. The molecule has 2 aliphatic heterocycles. The summed E-state index contributed by atoms with van der Waals surface area (Å²) in [5.41, 5.74) is 2.94. The van der Waals surface area contributed by atoms with Crippen LogP contribution in [0, 0.1) is 5.92 Å². The van der Waals surface area contributed by atoms with Crippen LogP contribution in [0.3, 0.4) is 0 Å². The van der Waals surface area contributed by atoms with Crippen LogP contribution in [-0.4, -0.2) is 55.5 Å². The SMILES string of the molecule is CCNC(=NCCC1CCN(C)CC1)N1CCc2ccccc2C1. The van der Waals surface area contributed by atoms with E-state index in [9.17, 15) is 0 Å². The summed E-state index contributed by atoms with van der Waals surface area (Å²) in [5, 5.41) is 3.50. The van der Waals surface area contributed by atoms with E-state index in [1.54, 1.807) is 0 Å². The number of likely N-dealkylation sites (tertiary alicyclic amines) is 1. The van der Waals surface area contributed by atoms with Crippen LogP contribution in [0.15, 0.2) is 29.3 Å². The van der Waals surface area contributed by atoms with Crippen LogP contribution in [0.1, 0.15) is 37.3 Å². The number of nitrogens with one attached hydrogen (secondary N) is 1. The van der Waals surface area contributed by atoms with Gasteiger partial charge in [0, 0.05) is 26.2 Å². The maximum absolute atomic E-state index is 4.94. The Bertz CT molecular complexity index is 546. The molecular weight excluding hydrogens is 296 g/mol. The highest BCUT2D eigenvalue weighted by Crippen LogP contribution is 2.20. The Morgan fingerprint density at radius 2 is 1.92 bits per heavy atom. The van der Waals surface area contributed by atoms with Crippen LogP contribution in [0.25, 0.3) is 0 Å². The van der Waals surface area contributed by atoms with E-state index in [1.165, 1.54) is 43.5 Å². The van der Waals surface area contributed by atoms with Crippen LogP contribution >= 0.6 is 0 Å². The Balaban J connectivity index is 1.56. The predicted octanol–water partition coefficient (Wildman–Crippen LogP) is 2.74. The molecule has 4 nitrogen and oxygen atoms in total. The van der Waals surface area contributed by atoms with E-state index in [2.05, 4.69) is 53.4 Å². The molecule has 0 spiro atoms. The first-order valence-corrected chi connectivity index (χ1v) is 9.55. The van der Waals surface area contributed by atoms with Gasteiger partial charge < -0.3 is 15.1 Å². The third-order valence-electron chi connectivity index (χ3n) is 5.40. The number of rotatable bonds is 4. The fourth-order valence-electron chi connectivity index (χ4n) is 3.81. The number of fused-ring (bicyclic) bond motifs is 1. The molecule has 132 valence electrons. The van der Waals surface area contributed by atoms with Gasteiger partial charge in [-0.1, -0.05) is 24.3 Å². The lowest BCUT2D eigenvalue weighted by Crippen LogP contribution is -2.44. The normalized spacial score (nSPS) is 20.1. The molecule has 1 N–H and O–H groups in total. The van der Waals surface area contributed by atoms with Gasteiger partial charge in [-0.3, -0.25) is 4.99 Å². The number of hydrogen-bond donors (Lipinski definition) is 1. The second-order valence-corrected chi connectivity index (χ2v) is 7.21. The number of piperidine rings is 1. The van der Waals surface area contributed by atoms with Gasteiger partial charge in [-0.2, -0.15) is 0 Å². The molecule has 2 heterocycles. The molecule has 1 saturated heterocycles. The van der Waals surface area contributed by atoms with Gasteiger partial charge in [-0.05, 0) is 69.8 Å². The summed E-state index contributed by atoms with van der Waals surface area (Å²) in [6, 6.07) is 8.81. The van der Waals surface area contributed by atoms with Crippen LogP contribution in [0.5, 0.6) is 0 Å². The highest BCUT2D eigenvalue weighted by Gasteiger charge is 2.19.